The molecule has 0 spiro atoms. The molecule has 0 saturated heterocycles. The summed E-state index contributed by atoms with van der Waals surface area (Å²) in [4.78, 5) is 23.5. The van der Waals surface area contributed by atoms with Crippen molar-refractivity contribution >= 4 is 22.7 Å². The van der Waals surface area contributed by atoms with E-state index in [1.807, 2.05) is 18.2 Å². The number of aryl methyl sites for hydroxylation is 1. The van der Waals surface area contributed by atoms with Gasteiger partial charge in [0.1, 0.15) is 11.5 Å². The summed E-state index contributed by atoms with van der Waals surface area (Å²) in [7, 11) is 3.13. The van der Waals surface area contributed by atoms with Gasteiger partial charge in [-0.25, -0.2) is 0 Å². The number of carboxylic acid groups (broad SMARTS) is 2. The quantitative estimate of drug-likeness (QED) is 0.850. The number of ether oxygens (including phenoxy) is 2. The SMILES string of the molecule is COc1cc2c(c3c(OC)cccc13)CC[C@](C)(C(=O)O)[C@@H]2CC(=O)O. The highest BCUT2D eigenvalue weighted by Gasteiger charge is 2.47. The minimum Gasteiger partial charge on any atom is -0.496 e. The number of carboxylic acids is 2. The third-order valence-corrected chi connectivity index (χ3v) is 5.57. The normalized spacial score (nSPS) is 21.9. The molecule has 0 radical (unpaired) electrons. The van der Waals surface area contributed by atoms with Crippen LogP contribution < -0.4 is 9.47 Å². The van der Waals surface area contributed by atoms with E-state index in [2.05, 4.69) is 0 Å². The molecule has 0 heterocycles. The number of aliphatic carboxylic acids is 2. The predicted octanol–water partition coefficient (Wildman–Crippen LogP) is 3.45. The third-order valence-electron chi connectivity index (χ3n) is 5.57. The lowest BCUT2D eigenvalue weighted by molar-refractivity contribution is -0.151. The van der Waals surface area contributed by atoms with Crippen molar-refractivity contribution in [2.75, 3.05) is 14.2 Å². The molecule has 0 unspecified atom stereocenters. The van der Waals surface area contributed by atoms with Crippen molar-refractivity contribution in [3.05, 3.63) is 35.4 Å². The second-order valence-corrected chi connectivity index (χ2v) is 6.90. The van der Waals surface area contributed by atoms with Crippen LogP contribution in [0.5, 0.6) is 11.5 Å². The van der Waals surface area contributed by atoms with E-state index in [1.54, 1.807) is 27.2 Å². The molecule has 1 aliphatic carbocycles. The van der Waals surface area contributed by atoms with E-state index < -0.39 is 23.3 Å². The molecule has 0 amide bonds. The van der Waals surface area contributed by atoms with Gasteiger partial charge in [-0.1, -0.05) is 12.1 Å². The number of methoxy groups -OCH3 is 2. The van der Waals surface area contributed by atoms with E-state index in [4.69, 9.17) is 9.47 Å². The van der Waals surface area contributed by atoms with Gasteiger partial charge in [0, 0.05) is 16.7 Å². The van der Waals surface area contributed by atoms with Crippen LogP contribution in [-0.4, -0.2) is 36.4 Å². The van der Waals surface area contributed by atoms with Gasteiger partial charge in [-0.3, -0.25) is 9.59 Å². The molecule has 6 heteroatoms. The monoisotopic (exact) mass is 358 g/mol. The molecular formula is C20H22O6. The molecule has 6 nitrogen and oxygen atoms in total. The number of rotatable bonds is 5. The fourth-order valence-corrected chi connectivity index (χ4v) is 4.09. The Morgan fingerprint density at radius 3 is 2.46 bits per heavy atom. The van der Waals surface area contributed by atoms with Crippen LogP contribution in [0.15, 0.2) is 24.3 Å². The maximum Gasteiger partial charge on any atom is 0.309 e. The molecule has 0 aromatic heterocycles. The summed E-state index contributed by atoms with van der Waals surface area (Å²) in [5.41, 5.74) is 0.521. The number of carbonyl (C=O) groups is 2. The lowest BCUT2D eigenvalue weighted by atomic mass is 9.63. The van der Waals surface area contributed by atoms with Crippen molar-refractivity contribution in [3.8, 4) is 11.5 Å². The Balaban J connectivity index is 2.36. The minimum absolute atomic E-state index is 0.250. The number of fused-ring (bicyclic) bond motifs is 3. The Kier molecular flexibility index (Phi) is 4.52. The average Bonchev–Trinajstić information content (AvgIpc) is 2.62. The van der Waals surface area contributed by atoms with Gasteiger partial charge in [-0.05, 0) is 43.0 Å². The van der Waals surface area contributed by atoms with E-state index in [1.165, 1.54) is 0 Å². The average molecular weight is 358 g/mol. The molecule has 0 saturated carbocycles. The van der Waals surface area contributed by atoms with Gasteiger partial charge in [-0.2, -0.15) is 0 Å². The van der Waals surface area contributed by atoms with Crippen LogP contribution in [-0.2, 0) is 16.0 Å². The summed E-state index contributed by atoms with van der Waals surface area (Å²) in [6, 6.07) is 7.44. The molecule has 26 heavy (non-hydrogen) atoms. The van der Waals surface area contributed by atoms with Gasteiger partial charge < -0.3 is 19.7 Å². The van der Waals surface area contributed by atoms with Crippen molar-refractivity contribution in [2.45, 2.75) is 32.1 Å². The fourth-order valence-electron chi connectivity index (χ4n) is 4.09. The van der Waals surface area contributed by atoms with Gasteiger partial charge in [0.15, 0.2) is 0 Å². The predicted molar refractivity (Wildman–Crippen MR) is 96.1 cm³/mol. The van der Waals surface area contributed by atoms with Crippen molar-refractivity contribution in [1.29, 1.82) is 0 Å². The Labute approximate surface area is 151 Å². The van der Waals surface area contributed by atoms with E-state index in [0.29, 0.717) is 24.3 Å². The highest BCUT2D eigenvalue weighted by molar-refractivity contribution is 5.97. The van der Waals surface area contributed by atoms with E-state index in [0.717, 1.165) is 21.9 Å². The van der Waals surface area contributed by atoms with Crippen LogP contribution >= 0.6 is 0 Å². The topological polar surface area (TPSA) is 93.1 Å². The second kappa shape index (κ2) is 6.52. The largest absolute Gasteiger partial charge is 0.496 e. The third kappa shape index (κ3) is 2.66. The summed E-state index contributed by atoms with van der Waals surface area (Å²) < 4.78 is 11.0. The van der Waals surface area contributed by atoms with Gasteiger partial charge >= 0.3 is 11.9 Å². The molecule has 2 aromatic rings. The second-order valence-electron chi connectivity index (χ2n) is 6.90. The van der Waals surface area contributed by atoms with Crippen LogP contribution in [0, 0.1) is 5.41 Å². The first-order chi connectivity index (χ1) is 12.3. The first-order valence-electron chi connectivity index (χ1n) is 8.45. The van der Waals surface area contributed by atoms with Crippen molar-refractivity contribution < 1.29 is 29.3 Å². The Morgan fingerprint density at radius 1 is 1.19 bits per heavy atom. The molecule has 0 fully saturated rings. The van der Waals surface area contributed by atoms with Crippen molar-refractivity contribution in [1.82, 2.24) is 0 Å². The lowest BCUT2D eigenvalue weighted by Gasteiger charge is -2.39. The molecule has 0 aliphatic heterocycles. The maximum atomic E-state index is 12.0. The molecule has 2 aromatic carbocycles. The van der Waals surface area contributed by atoms with E-state index >= 15 is 0 Å². The first-order valence-corrected chi connectivity index (χ1v) is 8.45. The molecule has 1 aliphatic rings. The standard InChI is InChI=1S/C20H22O6/c1-20(19(23)24)8-7-11-13(14(20)10-17(21)22)9-16(26-3)12-5-4-6-15(25-2)18(11)12/h4-6,9,14H,7-8,10H2,1-3H3,(H,21,22)(H,23,24)/t14-,20+/m1/s1. The van der Waals surface area contributed by atoms with Crippen LogP contribution in [0.2, 0.25) is 0 Å². The highest BCUT2D eigenvalue weighted by atomic mass is 16.5. The lowest BCUT2D eigenvalue weighted by Crippen LogP contribution is -2.39. The molecular weight excluding hydrogens is 336 g/mol. The highest BCUT2D eigenvalue weighted by Crippen LogP contribution is 2.52. The van der Waals surface area contributed by atoms with Gasteiger partial charge in [-0.15, -0.1) is 0 Å². The summed E-state index contributed by atoms with van der Waals surface area (Å²) in [6.45, 7) is 1.63. The number of benzene rings is 2. The fraction of sp³-hybridized carbons (Fsp3) is 0.400. The minimum atomic E-state index is -1.15. The van der Waals surface area contributed by atoms with Crippen LogP contribution in [0.1, 0.15) is 36.8 Å². The van der Waals surface area contributed by atoms with Gasteiger partial charge in [0.05, 0.1) is 26.1 Å². The Morgan fingerprint density at radius 2 is 1.88 bits per heavy atom. The molecule has 2 atom stereocenters. The van der Waals surface area contributed by atoms with Crippen molar-refractivity contribution in [3.63, 3.8) is 0 Å². The molecule has 0 bridgehead atoms. The zero-order valence-electron chi connectivity index (χ0n) is 15.0. The molecule has 2 N–H and O–H groups in total. The Bertz CT molecular complexity index is 887. The van der Waals surface area contributed by atoms with E-state index in [-0.39, 0.29) is 6.42 Å². The maximum absolute atomic E-state index is 12.0. The number of hydrogen-bond acceptors (Lipinski definition) is 4. The zero-order chi connectivity index (χ0) is 19.1. The summed E-state index contributed by atoms with van der Waals surface area (Å²) in [5.74, 6) is -1.39. The van der Waals surface area contributed by atoms with Gasteiger partial charge in [0.2, 0.25) is 0 Å². The van der Waals surface area contributed by atoms with Gasteiger partial charge in [0.25, 0.3) is 0 Å². The van der Waals surface area contributed by atoms with Crippen LogP contribution in [0.3, 0.4) is 0 Å². The summed E-state index contributed by atoms with van der Waals surface area (Å²) in [6.07, 6.45) is 0.654. The molecule has 138 valence electrons. The summed E-state index contributed by atoms with van der Waals surface area (Å²) >= 11 is 0. The first kappa shape index (κ1) is 18.0. The van der Waals surface area contributed by atoms with E-state index in [9.17, 15) is 19.8 Å². The van der Waals surface area contributed by atoms with Crippen LogP contribution in [0.25, 0.3) is 10.8 Å². The van der Waals surface area contributed by atoms with Crippen LogP contribution in [0.4, 0.5) is 0 Å². The number of hydrogen-bond donors (Lipinski definition) is 2. The smallest absolute Gasteiger partial charge is 0.309 e. The molecule has 3 rings (SSSR count). The Hall–Kier alpha value is -2.76. The summed E-state index contributed by atoms with van der Waals surface area (Å²) in [5, 5.41) is 20.9. The van der Waals surface area contributed by atoms with Crippen molar-refractivity contribution in [2.24, 2.45) is 5.41 Å². The zero-order valence-corrected chi connectivity index (χ0v) is 15.0.